The minimum atomic E-state index is -0.0739. The third kappa shape index (κ3) is 4.56. The van der Waals surface area contributed by atoms with Crippen LogP contribution in [-0.4, -0.2) is 23.5 Å². The molecule has 1 fully saturated rings. The summed E-state index contributed by atoms with van der Waals surface area (Å²) in [6.45, 7) is 2.60. The van der Waals surface area contributed by atoms with Gasteiger partial charge in [0.2, 0.25) is 0 Å². The summed E-state index contributed by atoms with van der Waals surface area (Å²) in [5.41, 5.74) is 1.56. The fourth-order valence-corrected chi connectivity index (χ4v) is 3.22. The molecular weight excluding hydrogens is 348 g/mol. The van der Waals surface area contributed by atoms with Crippen molar-refractivity contribution in [2.45, 2.75) is 32.4 Å². The maximum absolute atomic E-state index is 12.8. The first-order valence-corrected chi connectivity index (χ1v) is 9.12. The molecule has 3 rings (SSSR count). The number of benzene rings is 2. The molecule has 0 spiro atoms. The van der Waals surface area contributed by atoms with Crippen LogP contribution in [0.15, 0.2) is 48.5 Å². The largest absolute Gasteiger partial charge is 0.482 e. The second-order valence-corrected chi connectivity index (χ2v) is 7.04. The Morgan fingerprint density at radius 1 is 1.31 bits per heavy atom. The van der Waals surface area contributed by atoms with Gasteiger partial charge in [-0.3, -0.25) is 4.79 Å². The van der Waals surface area contributed by atoms with E-state index >= 15 is 0 Å². The van der Waals surface area contributed by atoms with Crippen molar-refractivity contribution >= 4 is 17.5 Å². The van der Waals surface area contributed by atoms with Crippen LogP contribution in [0.2, 0.25) is 5.02 Å². The van der Waals surface area contributed by atoms with Crippen molar-refractivity contribution in [2.75, 3.05) is 6.61 Å². The lowest BCUT2D eigenvalue weighted by atomic mass is 10.1. The van der Waals surface area contributed by atoms with Crippen molar-refractivity contribution in [1.29, 1.82) is 5.26 Å². The summed E-state index contributed by atoms with van der Waals surface area (Å²) in [6, 6.07) is 17.0. The Kier molecular flexibility index (Phi) is 5.80. The normalized spacial score (nSPS) is 14.3. The number of amides is 1. The average Bonchev–Trinajstić information content (AvgIpc) is 3.50. The third-order valence-corrected chi connectivity index (χ3v) is 5.02. The van der Waals surface area contributed by atoms with Gasteiger partial charge in [0.25, 0.3) is 5.91 Å². The molecule has 0 N–H and O–H groups in total. The molecule has 1 saturated carbocycles. The summed E-state index contributed by atoms with van der Waals surface area (Å²) in [6.07, 6.45) is 2.34. The summed E-state index contributed by atoms with van der Waals surface area (Å²) >= 11 is 6.12. The highest BCUT2D eigenvalue weighted by Gasteiger charge is 2.34. The fraction of sp³-hybridized carbons (Fsp3) is 0.333. The van der Waals surface area contributed by atoms with Crippen LogP contribution in [0.1, 0.15) is 30.9 Å². The molecule has 1 unspecified atom stereocenters. The molecule has 1 atom stereocenters. The Morgan fingerprint density at radius 3 is 2.65 bits per heavy atom. The maximum atomic E-state index is 12.8. The van der Waals surface area contributed by atoms with E-state index in [2.05, 4.69) is 6.92 Å². The number of nitriles is 1. The molecule has 2 aromatic carbocycles. The Morgan fingerprint density at radius 2 is 2.04 bits per heavy atom. The second-order valence-electron chi connectivity index (χ2n) is 6.63. The number of hydrogen-bond donors (Lipinski definition) is 0. The number of carbonyl (C=O) groups is 1. The number of hydrogen-bond acceptors (Lipinski definition) is 3. The lowest BCUT2D eigenvalue weighted by Crippen LogP contribution is -2.42. The standard InChI is InChI=1S/C21H21ClN2O2/c1-15(18-8-9-18)24(13-16-5-3-2-4-6-16)21(25)14-26-20-10-7-17(12-23)11-19(20)22/h2-7,10-11,15,18H,8-9,13-14H2,1H3. The average molecular weight is 369 g/mol. The first-order chi connectivity index (χ1) is 12.6. The van der Waals surface area contributed by atoms with E-state index in [1.165, 1.54) is 18.9 Å². The summed E-state index contributed by atoms with van der Waals surface area (Å²) < 4.78 is 5.63. The van der Waals surface area contributed by atoms with Gasteiger partial charge in [0.05, 0.1) is 16.7 Å². The van der Waals surface area contributed by atoms with E-state index in [1.54, 1.807) is 12.1 Å². The molecule has 26 heavy (non-hydrogen) atoms. The smallest absolute Gasteiger partial charge is 0.261 e. The quantitative estimate of drug-likeness (QED) is 0.727. The van der Waals surface area contributed by atoms with Crippen LogP contribution in [0.4, 0.5) is 0 Å². The molecule has 0 aromatic heterocycles. The molecule has 1 amide bonds. The van der Waals surface area contributed by atoms with Crippen LogP contribution >= 0.6 is 11.6 Å². The number of carbonyl (C=O) groups excluding carboxylic acids is 1. The third-order valence-electron chi connectivity index (χ3n) is 4.72. The van der Waals surface area contributed by atoms with E-state index in [0.29, 0.717) is 28.8 Å². The van der Waals surface area contributed by atoms with E-state index in [1.807, 2.05) is 41.3 Å². The SMILES string of the molecule is CC(C1CC1)N(Cc1ccccc1)C(=O)COc1ccc(C#N)cc1Cl. The maximum Gasteiger partial charge on any atom is 0.261 e. The lowest BCUT2D eigenvalue weighted by Gasteiger charge is -2.29. The molecule has 1 aliphatic carbocycles. The van der Waals surface area contributed by atoms with Gasteiger partial charge in [-0.2, -0.15) is 5.26 Å². The number of rotatable bonds is 7. The molecule has 0 radical (unpaired) electrons. The Labute approximate surface area is 158 Å². The van der Waals surface area contributed by atoms with Crippen molar-refractivity contribution in [3.63, 3.8) is 0 Å². The second kappa shape index (κ2) is 8.25. The first-order valence-electron chi connectivity index (χ1n) is 8.74. The molecule has 5 heteroatoms. The van der Waals surface area contributed by atoms with Crippen molar-refractivity contribution in [3.05, 3.63) is 64.7 Å². The highest BCUT2D eigenvalue weighted by atomic mass is 35.5. The number of halogens is 1. The molecule has 0 saturated heterocycles. The van der Waals surface area contributed by atoms with Gasteiger partial charge in [-0.1, -0.05) is 41.9 Å². The van der Waals surface area contributed by atoms with Gasteiger partial charge in [0.1, 0.15) is 5.75 Å². The molecular formula is C21H21ClN2O2. The van der Waals surface area contributed by atoms with Gasteiger partial charge in [0, 0.05) is 12.6 Å². The Hall–Kier alpha value is -2.51. The van der Waals surface area contributed by atoms with Crippen LogP contribution in [0.3, 0.4) is 0 Å². The summed E-state index contributed by atoms with van der Waals surface area (Å²) in [5.74, 6) is 0.924. The monoisotopic (exact) mass is 368 g/mol. The Balaban J connectivity index is 1.68. The molecule has 0 bridgehead atoms. The minimum absolute atomic E-state index is 0.0614. The van der Waals surface area contributed by atoms with Crippen molar-refractivity contribution in [2.24, 2.45) is 5.92 Å². The number of nitrogens with zero attached hydrogens (tertiary/aromatic N) is 2. The molecule has 0 heterocycles. The van der Waals surface area contributed by atoms with Gasteiger partial charge in [-0.25, -0.2) is 0 Å². The van der Waals surface area contributed by atoms with Crippen molar-refractivity contribution in [3.8, 4) is 11.8 Å². The predicted octanol–water partition coefficient (Wildman–Crippen LogP) is 4.42. The van der Waals surface area contributed by atoms with Crippen molar-refractivity contribution in [1.82, 2.24) is 4.90 Å². The van der Waals surface area contributed by atoms with Gasteiger partial charge < -0.3 is 9.64 Å². The van der Waals surface area contributed by atoms with Crippen LogP contribution in [0.25, 0.3) is 0 Å². The van der Waals surface area contributed by atoms with Crippen LogP contribution in [0.5, 0.6) is 5.75 Å². The van der Waals surface area contributed by atoms with Crippen LogP contribution in [-0.2, 0) is 11.3 Å². The highest BCUT2D eigenvalue weighted by Crippen LogP contribution is 2.36. The topological polar surface area (TPSA) is 53.3 Å². The number of ether oxygens (including phenoxy) is 1. The van der Waals surface area contributed by atoms with Crippen LogP contribution in [0, 0.1) is 17.2 Å². The van der Waals surface area contributed by atoms with E-state index in [0.717, 1.165) is 5.56 Å². The van der Waals surface area contributed by atoms with Gasteiger partial charge in [-0.05, 0) is 49.4 Å². The van der Waals surface area contributed by atoms with E-state index in [9.17, 15) is 4.79 Å². The van der Waals surface area contributed by atoms with E-state index in [-0.39, 0.29) is 18.6 Å². The molecule has 4 nitrogen and oxygen atoms in total. The zero-order valence-electron chi connectivity index (χ0n) is 14.7. The molecule has 0 aliphatic heterocycles. The Bertz CT molecular complexity index is 813. The summed E-state index contributed by atoms with van der Waals surface area (Å²) in [7, 11) is 0. The van der Waals surface area contributed by atoms with Crippen LogP contribution < -0.4 is 4.74 Å². The lowest BCUT2D eigenvalue weighted by molar-refractivity contribution is -0.136. The predicted molar refractivity (Wildman–Crippen MR) is 101 cm³/mol. The molecule has 1 aliphatic rings. The van der Waals surface area contributed by atoms with E-state index < -0.39 is 0 Å². The highest BCUT2D eigenvalue weighted by molar-refractivity contribution is 6.32. The zero-order valence-corrected chi connectivity index (χ0v) is 15.4. The zero-order chi connectivity index (χ0) is 18.5. The molecule has 2 aromatic rings. The van der Waals surface area contributed by atoms with E-state index in [4.69, 9.17) is 21.6 Å². The summed E-state index contributed by atoms with van der Waals surface area (Å²) in [5, 5.41) is 9.23. The first kappa shape index (κ1) is 18.3. The minimum Gasteiger partial charge on any atom is -0.482 e. The van der Waals surface area contributed by atoms with Gasteiger partial charge in [0.15, 0.2) is 6.61 Å². The molecule has 134 valence electrons. The fourth-order valence-electron chi connectivity index (χ4n) is 2.98. The summed E-state index contributed by atoms with van der Waals surface area (Å²) in [4.78, 5) is 14.7. The van der Waals surface area contributed by atoms with Gasteiger partial charge >= 0.3 is 0 Å². The van der Waals surface area contributed by atoms with Crippen molar-refractivity contribution < 1.29 is 9.53 Å². The van der Waals surface area contributed by atoms with Gasteiger partial charge in [-0.15, -0.1) is 0 Å².